The number of benzene rings is 2. The molecule has 162 valence electrons. The number of thiazole rings is 1. The van der Waals surface area contributed by atoms with E-state index in [1.807, 2.05) is 18.2 Å². The van der Waals surface area contributed by atoms with Gasteiger partial charge in [-0.25, -0.2) is 4.98 Å². The largest absolute Gasteiger partial charge is 0.495 e. The summed E-state index contributed by atoms with van der Waals surface area (Å²) in [6.07, 6.45) is 6.47. The van der Waals surface area contributed by atoms with E-state index in [1.165, 1.54) is 35.8 Å². The van der Waals surface area contributed by atoms with E-state index in [4.69, 9.17) is 17.0 Å². The van der Waals surface area contributed by atoms with E-state index in [0.717, 1.165) is 31.1 Å². The van der Waals surface area contributed by atoms with Crippen molar-refractivity contribution < 1.29 is 9.53 Å². The van der Waals surface area contributed by atoms with E-state index in [2.05, 4.69) is 66.5 Å². The van der Waals surface area contributed by atoms with Crippen molar-refractivity contribution in [3.63, 3.8) is 0 Å². The summed E-state index contributed by atoms with van der Waals surface area (Å²) in [5, 5.41) is 6.49. The van der Waals surface area contributed by atoms with Crippen molar-refractivity contribution in [2.75, 3.05) is 12.4 Å². The van der Waals surface area contributed by atoms with Crippen LogP contribution in [-0.4, -0.2) is 23.1 Å². The van der Waals surface area contributed by atoms with Crippen LogP contribution in [0.25, 0.3) is 16.3 Å². The van der Waals surface area contributed by atoms with Gasteiger partial charge in [-0.05, 0) is 76.9 Å². The number of aryl methyl sites for hydroxylation is 1. The standard InChI is InChI=1S/C22H21Br2N3O2S2/c1-3-4-5-13-6-8-17-18(10-13)31-22(25-17)27-21(30)26-19(28)9-7-14-11-15(23)12-16(24)20(14)29-2/h6-12H,3-5H2,1-2H3,(H2,25,26,27,28,30)/b9-7+. The molecular weight excluding hydrogens is 562 g/mol. The molecule has 2 N–H and O–H groups in total. The predicted octanol–water partition coefficient (Wildman–Crippen LogP) is 6.70. The Morgan fingerprint density at radius 2 is 2.10 bits per heavy atom. The minimum atomic E-state index is -0.349. The molecule has 31 heavy (non-hydrogen) atoms. The third-order valence-electron chi connectivity index (χ3n) is 4.38. The van der Waals surface area contributed by atoms with Crippen LogP contribution in [-0.2, 0) is 11.2 Å². The van der Waals surface area contributed by atoms with Crippen molar-refractivity contribution in [2.45, 2.75) is 26.2 Å². The van der Waals surface area contributed by atoms with E-state index in [9.17, 15) is 4.79 Å². The number of ether oxygens (including phenoxy) is 1. The lowest BCUT2D eigenvalue weighted by Gasteiger charge is -2.08. The summed E-state index contributed by atoms with van der Waals surface area (Å²) in [7, 11) is 1.58. The Kier molecular flexibility index (Phi) is 8.59. The number of unbranched alkanes of at least 4 members (excludes halogenated alkanes) is 1. The maximum Gasteiger partial charge on any atom is 0.250 e. The quantitative estimate of drug-likeness (QED) is 0.240. The molecule has 1 heterocycles. The van der Waals surface area contributed by atoms with Crippen molar-refractivity contribution in [3.05, 3.63) is 56.5 Å². The highest BCUT2D eigenvalue weighted by atomic mass is 79.9. The van der Waals surface area contributed by atoms with Gasteiger partial charge in [0, 0.05) is 16.1 Å². The molecule has 2 aromatic carbocycles. The molecule has 0 bridgehead atoms. The second-order valence-corrected chi connectivity index (χ2v) is 9.92. The van der Waals surface area contributed by atoms with Gasteiger partial charge in [0.25, 0.3) is 0 Å². The molecule has 3 aromatic rings. The van der Waals surface area contributed by atoms with Crippen LogP contribution in [0.15, 0.2) is 45.4 Å². The second kappa shape index (κ2) is 11.2. The van der Waals surface area contributed by atoms with Crippen LogP contribution in [0, 0.1) is 0 Å². The number of hydrogen-bond donors (Lipinski definition) is 2. The lowest BCUT2D eigenvalue weighted by atomic mass is 10.1. The van der Waals surface area contributed by atoms with Crippen molar-refractivity contribution in [2.24, 2.45) is 0 Å². The first-order chi connectivity index (χ1) is 14.9. The maximum atomic E-state index is 12.3. The SMILES string of the molecule is CCCCc1ccc2nc(NC(=S)NC(=O)/C=C/c3cc(Br)cc(Br)c3OC)sc2c1. The average Bonchev–Trinajstić information content (AvgIpc) is 3.11. The summed E-state index contributed by atoms with van der Waals surface area (Å²) in [5.41, 5.74) is 2.97. The minimum absolute atomic E-state index is 0.197. The summed E-state index contributed by atoms with van der Waals surface area (Å²) in [5.74, 6) is 0.291. The van der Waals surface area contributed by atoms with Gasteiger partial charge in [-0.1, -0.05) is 46.7 Å². The molecule has 1 aromatic heterocycles. The molecule has 0 saturated carbocycles. The number of nitrogens with one attached hydrogen (secondary N) is 2. The fourth-order valence-corrected chi connectivity index (χ4v) is 5.54. The van der Waals surface area contributed by atoms with Crippen LogP contribution in [0.5, 0.6) is 5.75 Å². The van der Waals surface area contributed by atoms with Crippen LogP contribution in [0.2, 0.25) is 0 Å². The van der Waals surface area contributed by atoms with Gasteiger partial charge in [0.15, 0.2) is 10.2 Å². The number of rotatable bonds is 7. The first kappa shape index (κ1) is 23.8. The first-order valence-electron chi connectivity index (χ1n) is 9.62. The summed E-state index contributed by atoms with van der Waals surface area (Å²) < 4.78 is 8.14. The fourth-order valence-electron chi connectivity index (χ4n) is 2.93. The molecule has 0 atom stereocenters. The normalized spacial score (nSPS) is 11.1. The number of halogens is 2. The molecule has 0 aliphatic heterocycles. The van der Waals surface area contributed by atoms with Gasteiger partial charge in [0.05, 0.1) is 21.8 Å². The number of aromatic nitrogens is 1. The molecule has 3 rings (SSSR count). The number of carbonyl (C=O) groups excluding carboxylic acids is 1. The summed E-state index contributed by atoms with van der Waals surface area (Å²) in [6, 6.07) is 10.0. The molecule has 0 aliphatic rings. The lowest BCUT2D eigenvalue weighted by molar-refractivity contribution is -0.115. The average molecular weight is 583 g/mol. The van der Waals surface area contributed by atoms with Gasteiger partial charge in [-0.15, -0.1) is 0 Å². The number of hydrogen-bond acceptors (Lipinski definition) is 5. The zero-order valence-corrected chi connectivity index (χ0v) is 21.8. The highest BCUT2D eigenvalue weighted by molar-refractivity contribution is 9.11. The van der Waals surface area contributed by atoms with Crippen LogP contribution >= 0.6 is 55.4 Å². The smallest absolute Gasteiger partial charge is 0.250 e. The third kappa shape index (κ3) is 6.58. The summed E-state index contributed by atoms with van der Waals surface area (Å²) in [4.78, 5) is 16.8. The molecule has 5 nitrogen and oxygen atoms in total. The number of fused-ring (bicyclic) bond motifs is 1. The van der Waals surface area contributed by atoms with E-state index in [0.29, 0.717) is 10.9 Å². The maximum absolute atomic E-state index is 12.3. The highest BCUT2D eigenvalue weighted by Crippen LogP contribution is 2.33. The molecule has 1 amide bonds. The Balaban J connectivity index is 1.63. The monoisotopic (exact) mass is 581 g/mol. The number of methoxy groups -OCH3 is 1. The van der Waals surface area contributed by atoms with Crippen LogP contribution in [0.3, 0.4) is 0 Å². The van der Waals surface area contributed by atoms with Gasteiger partial charge in [-0.2, -0.15) is 0 Å². The van der Waals surface area contributed by atoms with Gasteiger partial charge in [0.1, 0.15) is 5.75 Å². The third-order valence-corrected chi connectivity index (χ3v) is 6.57. The van der Waals surface area contributed by atoms with Crippen molar-refractivity contribution in [3.8, 4) is 5.75 Å². The number of anilines is 1. The molecular formula is C22H21Br2N3O2S2. The van der Waals surface area contributed by atoms with Crippen LogP contribution < -0.4 is 15.4 Å². The zero-order chi connectivity index (χ0) is 22.4. The van der Waals surface area contributed by atoms with Crippen molar-refractivity contribution >= 4 is 87.9 Å². The van der Waals surface area contributed by atoms with Crippen molar-refractivity contribution in [1.29, 1.82) is 0 Å². The molecule has 0 radical (unpaired) electrons. The summed E-state index contributed by atoms with van der Waals surface area (Å²) >= 11 is 13.7. The molecule has 0 fully saturated rings. The molecule has 0 saturated heterocycles. The molecule has 0 unspecified atom stereocenters. The Labute approximate surface area is 207 Å². The zero-order valence-electron chi connectivity index (χ0n) is 17.0. The lowest BCUT2D eigenvalue weighted by Crippen LogP contribution is -2.32. The Morgan fingerprint density at radius 1 is 1.29 bits per heavy atom. The number of amides is 1. The van der Waals surface area contributed by atoms with E-state index in [-0.39, 0.29) is 11.0 Å². The van der Waals surface area contributed by atoms with Crippen LogP contribution in [0.1, 0.15) is 30.9 Å². The number of nitrogens with zero attached hydrogens (tertiary/aromatic N) is 1. The first-order valence-corrected chi connectivity index (χ1v) is 12.4. The second-order valence-electron chi connectivity index (χ2n) is 6.71. The van der Waals surface area contributed by atoms with E-state index < -0.39 is 0 Å². The minimum Gasteiger partial charge on any atom is -0.495 e. The molecule has 0 aliphatic carbocycles. The van der Waals surface area contributed by atoms with Crippen LogP contribution in [0.4, 0.5) is 5.13 Å². The summed E-state index contributed by atoms with van der Waals surface area (Å²) in [6.45, 7) is 2.19. The Morgan fingerprint density at radius 3 is 2.84 bits per heavy atom. The Bertz CT molecular complexity index is 1150. The highest BCUT2D eigenvalue weighted by Gasteiger charge is 2.10. The number of carbonyl (C=O) groups is 1. The van der Waals surface area contributed by atoms with E-state index in [1.54, 1.807) is 13.2 Å². The van der Waals surface area contributed by atoms with E-state index >= 15 is 0 Å². The molecule has 0 spiro atoms. The topological polar surface area (TPSA) is 63.2 Å². The Hall–Kier alpha value is -1.81. The predicted molar refractivity (Wildman–Crippen MR) is 140 cm³/mol. The van der Waals surface area contributed by atoms with Gasteiger partial charge in [0.2, 0.25) is 5.91 Å². The van der Waals surface area contributed by atoms with Gasteiger partial charge >= 0.3 is 0 Å². The molecule has 9 heteroatoms. The fraction of sp³-hybridized carbons (Fsp3) is 0.227. The van der Waals surface area contributed by atoms with Gasteiger partial charge in [-0.3, -0.25) is 10.1 Å². The number of thiocarbonyl (C=S) groups is 1. The van der Waals surface area contributed by atoms with Gasteiger partial charge < -0.3 is 10.1 Å². The van der Waals surface area contributed by atoms with Crippen molar-refractivity contribution in [1.82, 2.24) is 10.3 Å².